The number of nitrogens with one attached hydrogen (secondary N) is 2. The molecule has 0 bridgehead atoms. The molecule has 0 unspecified atom stereocenters. The molecule has 26 heavy (non-hydrogen) atoms. The molecule has 2 N–H and O–H groups in total. The van der Waals surface area contributed by atoms with Crippen molar-refractivity contribution in [2.75, 3.05) is 16.4 Å². The monoisotopic (exact) mass is 383 g/mol. The Morgan fingerprint density at radius 1 is 1.12 bits per heavy atom. The third kappa shape index (κ3) is 4.93. The van der Waals surface area contributed by atoms with Crippen molar-refractivity contribution in [1.82, 2.24) is 4.98 Å². The molecule has 0 saturated heterocycles. The van der Waals surface area contributed by atoms with E-state index in [4.69, 9.17) is 0 Å². The largest absolute Gasteiger partial charge is 0.322 e. The summed E-state index contributed by atoms with van der Waals surface area (Å²) in [6.45, 7) is 1.91. The van der Waals surface area contributed by atoms with Gasteiger partial charge in [0.05, 0.1) is 5.75 Å². The summed E-state index contributed by atoms with van der Waals surface area (Å²) in [5.41, 5.74) is 2.27. The number of nitrogens with zero attached hydrogens (tertiary/aromatic N) is 1. The minimum absolute atomic E-state index is 0.112. The lowest BCUT2D eigenvalue weighted by atomic mass is 10.1. The Morgan fingerprint density at radius 2 is 1.96 bits per heavy atom. The van der Waals surface area contributed by atoms with Crippen LogP contribution in [0.3, 0.4) is 0 Å². The van der Waals surface area contributed by atoms with Crippen molar-refractivity contribution in [3.63, 3.8) is 0 Å². The molecule has 0 radical (unpaired) electrons. The number of aryl methyl sites for hydroxylation is 1. The van der Waals surface area contributed by atoms with Gasteiger partial charge in [0.1, 0.15) is 0 Å². The maximum absolute atomic E-state index is 12.4. The standard InChI is InChI=1S/C19H17N3O2S2/c1-13-5-2-3-8-16(13)18(24)21-14-6-4-7-15(11-14)26-12-17(23)22-19-20-9-10-25-19/h2-11H,12H2,1H3,(H,21,24)(H,20,22,23). The van der Waals surface area contributed by atoms with Crippen LogP contribution < -0.4 is 10.6 Å². The zero-order chi connectivity index (χ0) is 18.4. The number of amides is 2. The number of benzene rings is 2. The average Bonchev–Trinajstić information content (AvgIpc) is 3.13. The molecule has 0 aliphatic heterocycles. The van der Waals surface area contributed by atoms with Crippen LogP contribution in [0.1, 0.15) is 15.9 Å². The van der Waals surface area contributed by atoms with E-state index >= 15 is 0 Å². The number of hydrogen-bond acceptors (Lipinski definition) is 5. The van der Waals surface area contributed by atoms with Gasteiger partial charge in [0.2, 0.25) is 5.91 Å². The van der Waals surface area contributed by atoms with Crippen molar-refractivity contribution < 1.29 is 9.59 Å². The van der Waals surface area contributed by atoms with Gasteiger partial charge in [0.15, 0.2) is 5.13 Å². The van der Waals surface area contributed by atoms with Gasteiger partial charge in [0, 0.05) is 27.7 Å². The first-order valence-corrected chi connectivity index (χ1v) is 9.77. The molecule has 2 aromatic carbocycles. The van der Waals surface area contributed by atoms with E-state index in [1.165, 1.54) is 23.1 Å². The SMILES string of the molecule is Cc1ccccc1C(=O)Nc1cccc(SCC(=O)Nc2nccs2)c1. The Balaban J connectivity index is 1.58. The molecule has 1 heterocycles. The predicted molar refractivity (Wildman–Crippen MR) is 107 cm³/mol. The third-order valence-electron chi connectivity index (χ3n) is 3.53. The quantitative estimate of drug-likeness (QED) is 0.618. The highest BCUT2D eigenvalue weighted by molar-refractivity contribution is 8.00. The summed E-state index contributed by atoms with van der Waals surface area (Å²) in [5.74, 6) is 0.0143. The fourth-order valence-electron chi connectivity index (χ4n) is 2.28. The smallest absolute Gasteiger partial charge is 0.255 e. The molecule has 5 nitrogen and oxygen atoms in total. The lowest BCUT2D eigenvalue weighted by molar-refractivity contribution is -0.113. The fourth-order valence-corrected chi connectivity index (χ4v) is 3.58. The van der Waals surface area contributed by atoms with E-state index in [9.17, 15) is 9.59 Å². The zero-order valence-electron chi connectivity index (χ0n) is 14.1. The van der Waals surface area contributed by atoms with Crippen LogP contribution in [0.25, 0.3) is 0 Å². The van der Waals surface area contributed by atoms with Crippen LogP contribution in [-0.4, -0.2) is 22.6 Å². The Kier molecular flexibility index (Phi) is 6.04. The highest BCUT2D eigenvalue weighted by Gasteiger charge is 2.10. The second-order valence-electron chi connectivity index (χ2n) is 5.47. The van der Waals surface area contributed by atoms with Crippen LogP contribution in [0.4, 0.5) is 10.8 Å². The Morgan fingerprint density at radius 3 is 2.73 bits per heavy atom. The molecule has 1 aromatic heterocycles. The number of rotatable bonds is 6. The molecule has 3 aromatic rings. The van der Waals surface area contributed by atoms with Gasteiger partial charge in [-0.25, -0.2) is 4.98 Å². The van der Waals surface area contributed by atoms with Gasteiger partial charge >= 0.3 is 0 Å². The summed E-state index contributed by atoms with van der Waals surface area (Å²) < 4.78 is 0. The van der Waals surface area contributed by atoms with Crippen molar-refractivity contribution >= 4 is 45.7 Å². The molecule has 7 heteroatoms. The highest BCUT2D eigenvalue weighted by atomic mass is 32.2. The minimum Gasteiger partial charge on any atom is -0.322 e. The first kappa shape index (κ1) is 18.2. The number of thiazole rings is 1. The maximum atomic E-state index is 12.4. The second kappa shape index (κ2) is 8.64. The van der Waals surface area contributed by atoms with Crippen LogP contribution in [0.5, 0.6) is 0 Å². The number of carbonyl (C=O) groups excluding carboxylic acids is 2. The van der Waals surface area contributed by atoms with Crippen molar-refractivity contribution in [2.24, 2.45) is 0 Å². The van der Waals surface area contributed by atoms with Crippen LogP contribution in [0, 0.1) is 6.92 Å². The third-order valence-corrected chi connectivity index (χ3v) is 5.21. The van der Waals surface area contributed by atoms with E-state index < -0.39 is 0 Å². The van der Waals surface area contributed by atoms with Crippen molar-refractivity contribution in [3.8, 4) is 0 Å². The molecule has 0 spiro atoms. The summed E-state index contributed by atoms with van der Waals surface area (Å²) in [6.07, 6.45) is 1.65. The Hall–Kier alpha value is -2.64. The lowest BCUT2D eigenvalue weighted by Crippen LogP contribution is -2.14. The fraction of sp³-hybridized carbons (Fsp3) is 0.105. The lowest BCUT2D eigenvalue weighted by Gasteiger charge is -2.09. The number of anilines is 2. The molecule has 0 saturated carbocycles. The van der Waals surface area contributed by atoms with E-state index in [2.05, 4.69) is 15.6 Å². The van der Waals surface area contributed by atoms with E-state index in [0.717, 1.165) is 10.5 Å². The van der Waals surface area contributed by atoms with Gasteiger partial charge in [-0.05, 0) is 36.8 Å². The minimum atomic E-state index is -0.147. The van der Waals surface area contributed by atoms with E-state index in [0.29, 0.717) is 16.4 Å². The van der Waals surface area contributed by atoms with Gasteiger partial charge in [-0.3, -0.25) is 9.59 Å². The summed E-state index contributed by atoms with van der Waals surface area (Å²) in [6, 6.07) is 14.9. The van der Waals surface area contributed by atoms with Gasteiger partial charge in [0.25, 0.3) is 5.91 Å². The van der Waals surface area contributed by atoms with E-state index in [-0.39, 0.29) is 17.6 Å². The van der Waals surface area contributed by atoms with Crippen molar-refractivity contribution in [1.29, 1.82) is 0 Å². The second-order valence-corrected chi connectivity index (χ2v) is 7.41. The molecular formula is C19H17N3O2S2. The number of hydrogen-bond donors (Lipinski definition) is 2. The Labute approximate surface area is 159 Å². The molecular weight excluding hydrogens is 366 g/mol. The molecule has 0 atom stereocenters. The Bertz CT molecular complexity index is 911. The molecule has 0 aliphatic rings. The molecule has 0 aliphatic carbocycles. The topological polar surface area (TPSA) is 71.1 Å². The first-order valence-electron chi connectivity index (χ1n) is 7.91. The first-order chi connectivity index (χ1) is 12.6. The highest BCUT2D eigenvalue weighted by Crippen LogP contribution is 2.23. The molecule has 0 fully saturated rings. The maximum Gasteiger partial charge on any atom is 0.255 e. The van der Waals surface area contributed by atoms with Crippen LogP contribution >= 0.6 is 23.1 Å². The number of carbonyl (C=O) groups is 2. The van der Waals surface area contributed by atoms with E-state index in [1.54, 1.807) is 12.3 Å². The summed E-state index contributed by atoms with van der Waals surface area (Å²) in [5, 5.41) is 8.05. The summed E-state index contributed by atoms with van der Waals surface area (Å²) in [4.78, 5) is 29.3. The van der Waals surface area contributed by atoms with Crippen LogP contribution in [-0.2, 0) is 4.79 Å². The number of aromatic nitrogens is 1. The van der Waals surface area contributed by atoms with Gasteiger partial charge in [-0.1, -0.05) is 24.3 Å². The van der Waals surface area contributed by atoms with Crippen molar-refractivity contribution in [2.45, 2.75) is 11.8 Å². The molecule has 132 valence electrons. The van der Waals surface area contributed by atoms with Gasteiger partial charge in [-0.15, -0.1) is 23.1 Å². The predicted octanol–water partition coefficient (Wildman–Crippen LogP) is 4.43. The van der Waals surface area contributed by atoms with Crippen LogP contribution in [0.15, 0.2) is 65.0 Å². The molecule has 3 rings (SSSR count). The van der Waals surface area contributed by atoms with Crippen molar-refractivity contribution in [3.05, 3.63) is 71.2 Å². The molecule has 2 amide bonds. The summed E-state index contributed by atoms with van der Waals surface area (Å²) in [7, 11) is 0. The van der Waals surface area contributed by atoms with Gasteiger partial charge < -0.3 is 10.6 Å². The van der Waals surface area contributed by atoms with Crippen LogP contribution in [0.2, 0.25) is 0 Å². The zero-order valence-corrected chi connectivity index (χ0v) is 15.7. The van der Waals surface area contributed by atoms with Gasteiger partial charge in [-0.2, -0.15) is 0 Å². The van der Waals surface area contributed by atoms with E-state index in [1.807, 2.05) is 54.8 Å². The summed E-state index contributed by atoms with van der Waals surface area (Å²) >= 11 is 2.79. The average molecular weight is 383 g/mol. The number of thioether (sulfide) groups is 1. The normalized spacial score (nSPS) is 10.3.